The smallest absolute Gasteiger partial charge is 0.279 e. The highest BCUT2D eigenvalue weighted by atomic mass is 32.2. The summed E-state index contributed by atoms with van der Waals surface area (Å²) < 4.78 is 31.7. The van der Waals surface area contributed by atoms with Gasteiger partial charge in [0.15, 0.2) is 5.82 Å². The van der Waals surface area contributed by atoms with Crippen molar-refractivity contribution in [3.05, 3.63) is 101 Å². The largest absolute Gasteiger partial charge is 0.357 e. The Bertz CT molecular complexity index is 1360. The fourth-order valence-electron chi connectivity index (χ4n) is 2.87. The van der Waals surface area contributed by atoms with Crippen LogP contribution in [0, 0.1) is 0 Å². The maximum atomic E-state index is 13.1. The zero-order valence-electron chi connectivity index (χ0n) is 15.2. The monoisotopic (exact) mass is 404 g/mol. The summed E-state index contributed by atoms with van der Waals surface area (Å²) in [5.41, 5.74) is 1.15. The molecule has 1 heterocycles. The topological polar surface area (TPSA) is 78.3 Å². The summed E-state index contributed by atoms with van der Waals surface area (Å²) in [5, 5.41) is 0.254. The highest BCUT2D eigenvalue weighted by Gasteiger charge is 2.22. The normalized spacial score (nSPS) is 11.3. The molecule has 3 aromatic carbocycles. The van der Waals surface area contributed by atoms with Gasteiger partial charge in [0.05, 0.1) is 10.9 Å². The second kappa shape index (κ2) is 7.37. The number of aromatic nitrogens is 2. The minimum absolute atomic E-state index is 0.0813. The molecule has 0 unspecified atom stereocenters. The number of hydrogen-bond acceptors (Lipinski definition) is 5. The van der Waals surface area contributed by atoms with E-state index in [9.17, 15) is 13.2 Å². The van der Waals surface area contributed by atoms with Gasteiger partial charge < -0.3 is 0 Å². The molecule has 29 heavy (non-hydrogen) atoms. The van der Waals surface area contributed by atoms with Crippen LogP contribution in [0.2, 0.25) is 0 Å². The van der Waals surface area contributed by atoms with Crippen LogP contribution >= 0.6 is 0 Å². The second-order valence-corrected chi connectivity index (χ2v) is 7.75. The van der Waals surface area contributed by atoms with E-state index in [4.69, 9.17) is 4.28 Å². The molecule has 0 aliphatic carbocycles. The van der Waals surface area contributed by atoms with Gasteiger partial charge in [-0.1, -0.05) is 67.3 Å². The van der Waals surface area contributed by atoms with Crippen molar-refractivity contribution in [3.63, 3.8) is 0 Å². The molecule has 0 fully saturated rings. The summed E-state index contributed by atoms with van der Waals surface area (Å²) in [6, 6.07) is 21.5. The summed E-state index contributed by atoms with van der Waals surface area (Å²) >= 11 is 0. The van der Waals surface area contributed by atoms with E-state index in [-0.39, 0.29) is 16.1 Å². The zero-order chi connectivity index (χ0) is 20.4. The van der Waals surface area contributed by atoms with Crippen LogP contribution in [-0.2, 0) is 10.1 Å². The molecule has 4 aromatic rings. The van der Waals surface area contributed by atoms with E-state index < -0.39 is 15.7 Å². The first-order chi connectivity index (χ1) is 14.0. The second-order valence-electron chi connectivity index (χ2n) is 6.22. The van der Waals surface area contributed by atoms with Gasteiger partial charge in [0.25, 0.3) is 5.56 Å². The third kappa shape index (κ3) is 3.55. The number of rotatable bonds is 5. The van der Waals surface area contributed by atoms with Gasteiger partial charge in [-0.05, 0) is 29.8 Å². The Labute approximate surface area is 167 Å². The summed E-state index contributed by atoms with van der Waals surface area (Å²) in [7, 11) is -4.27. The molecule has 0 N–H and O–H groups in total. The number of fused-ring (bicyclic) bond motifs is 1. The molecule has 0 bridgehead atoms. The van der Waals surface area contributed by atoms with Gasteiger partial charge in [-0.25, -0.2) is 4.98 Å². The molecule has 0 saturated carbocycles. The van der Waals surface area contributed by atoms with E-state index in [0.29, 0.717) is 11.1 Å². The number of nitrogens with zero attached hydrogens (tertiary/aromatic N) is 2. The molecule has 0 radical (unpaired) electrons. The van der Waals surface area contributed by atoms with E-state index in [2.05, 4.69) is 11.6 Å². The third-order valence-corrected chi connectivity index (χ3v) is 5.54. The quantitative estimate of drug-likeness (QED) is 0.509. The minimum Gasteiger partial charge on any atom is -0.279 e. The molecule has 6 nitrogen and oxygen atoms in total. The number of benzene rings is 3. The van der Waals surface area contributed by atoms with Gasteiger partial charge in [0.1, 0.15) is 4.90 Å². The van der Waals surface area contributed by atoms with Crippen LogP contribution in [0.3, 0.4) is 0 Å². The Balaban J connectivity index is 1.91. The van der Waals surface area contributed by atoms with Crippen molar-refractivity contribution >= 4 is 27.1 Å². The summed E-state index contributed by atoms with van der Waals surface area (Å²) in [6.07, 6.45) is 1.60. The molecular formula is C22H16N2O4S. The van der Waals surface area contributed by atoms with Crippen molar-refractivity contribution < 1.29 is 12.7 Å². The molecule has 0 aliphatic heterocycles. The van der Waals surface area contributed by atoms with Crippen LogP contribution < -0.4 is 9.84 Å². The van der Waals surface area contributed by atoms with Crippen molar-refractivity contribution in [2.24, 2.45) is 0 Å². The van der Waals surface area contributed by atoms with Crippen molar-refractivity contribution in [1.29, 1.82) is 0 Å². The van der Waals surface area contributed by atoms with Crippen molar-refractivity contribution in [3.8, 4) is 11.4 Å². The van der Waals surface area contributed by atoms with Crippen LogP contribution in [0.15, 0.2) is 95.1 Å². The molecule has 4 rings (SSSR count). The predicted molar refractivity (Wildman–Crippen MR) is 112 cm³/mol. The van der Waals surface area contributed by atoms with E-state index in [1.54, 1.807) is 66.7 Å². The molecule has 0 aliphatic rings. The number of para-hydroxylation sites is 1. The molecule has 0 spiro atoms. The highest BCUT2D eigenvalue weighted by molar-refractivity contribution is 7.87. The average Bonchev–Trinajstić information content (AvgIpc) is 2.76. The first-order valence-electron chi connectivity index (χ1n) is 8.74. The van der Waals surface area contributed by atoms with Crippen LogP contribution in [0.25, 0.3) is 28.4 Å². The zero-order valence-corrected chi connectivity index (χ0v) is 16.0. The van der Waals surface area contributed by atoms with E-state index in [1.165, 1.54) is 12.1 Å². The number of hydrogen-bond donors (Lipinski definition) is 0. The van der Waals surface area contributed by atoms with Crippen LogP contribution in [0.5, 0.6) is 0 Å². The third-order valence-electron chi connectivity index (χ3n) is 4.35. The fourth-order valence-corrected chi connectivity index (χ4v) is 3.76. The van der Waals surface area contributed by atoms with Crippen LogP contribution in [-0.4, -0.2) is 18.1 Å². The van der Waals surface area contributed by atoms with E-state index in [0.717, 1.165) is 10.3 Å². The molecular weight excluding hydrogens is 388 g/mol. The van der Waals surface area contributed by atoms with E-state index in [1.807, 2.05) is 6.07 Å². The van der Waals surface area contributed by atoms with E-state index >= 15 is 0 Å². The van der Waals surface area contributed by atoms with Gasteiger partial charge in [0, 0.05) is 5.56 Å². The summed E-state index contributed by atoms with van der Waals surface area (Å²) in [6.45, 7) is 3.64. The van der Waals surface area contributed by atoms with Gasteiger partial charge in [0.2, 0.25) is 0 Å². The fraction of sp³-hybridized carbons (Fsp3) is 0. The Morgan fingerprint density at radius 1 is 0.897 bits per heavy atom. The first-order valence-corrected chi connectivity index (χ1v) is 10.1. The summed E-state index contributed by atoms with van der Waals surface area (Å²) in [4.78, 5) is 17.4. The Hall–Kier alpha value is -3.71. The minimum atomic E-state index is -4.27. The van der Waals surface area contributed by atoms with Crippen molar-refractivity contribution in [1.82, 2.24) is 9.71 Å². The standard InChI is InChI=1S/C22H16N2O4S/c1-2-16-12-14-18(15-13-16)29(26,27)28-24-21(17-8-4-3-5-9-17)23-20-11-7-6-10-19(20)22(24)25/h2-15H,1H2. The maximum Gasteiger partial charge on any atom is 0.357 e. The Morgan fingerprint density at radius 2 is 1.55 bits per heavy atom. The Morgan fingerprint density at radius 3 is 2.24 bits per heavy atom. The first kappa shape index (κ1) is 18.6. The lowest BCUT2D eigenvalue weighted by Crippen LogP contribution is -2.33. The lowest BCUT2D eigenvalue weighted by molar-refractivity contribution is 0.270. The highest BCUT2D eigenvalue weighted by Crippen LogP contribution is 2.20. The SMILES string of the molecule is C=Cc1ccc(S(=O)(=O)On2c(-c3ccccc3)nc3ccccc3c2=O)cc1. The molecule has 0 amide bonds. The van der Waals surface area contributed by atoms with Gasteiger partial charge >= 0.3 is 10.1 Å². The van der Waals surface area contributed by atoms with Gasteiger partial charge in [-0.3, -0.25) is 9.08 Å². The van der Waals surface area contributed by atoms with Gasteiger partial charge in [-0.15, -0.1) is 4.73 Å². The summed E-state index contributed by atoms with van der Waals surface area (Å²) in [5.74, 6) is 0.0978. The average molecular weight is 404 g/mol. The molecule has 1 aromatic heterocycles. The van der Waals surface area contributed by atoms with Crippen molar-refractivity contribution in [2.75, 3.05) is 0 Å². The molecule has 7 heteroatoms. The molecule has 0 atom stereocenters. The maximum absolute atomic E-state index is 13.1. The van der Waals surface area contributed by atoms with Crippen LogP contribution in [0.4, 0.5) is 0 Å². The lowest BCUT2D eigenvalue weighted by Gasteiger charge is -2.14. The molecule has 144 valence electrons. The van der Waals surface area contributed by atoms with Crippen LogP contribution in [0.1, 0.15) is 5.56 Å². The predicted octanol–water partition coefficient (Wildman–Crippen LogP) is 3.52. The Kier molecular flexibility index (Phi) is 4.74. The lowest BCUT2D eigenvalue weighted by atomic mass is 10.2. The van der Waals surface area contributed by atoms with Crippen molar-refractivity contribution in [2.45, 2.75) is 4.90 Å². The van der Waals surface area contributed by atoms with Gasteiger partial charge in [-0.2, -0.15) is 8.42 Å². The molecule has 0 saturated heterocycles.